The molecule has 1 aromatic carbocycles. The second-order valence-corrected chi connectivity index (χ2v) is 6.43. The van der Waals surface area contributed by atoms with Crippen molar-refractivity contribution in [1.29, 1.82) is 0 Å². The number of hydrogen-bond acceptors (Lipinski definition) is 2. The van der Waals surface area contributed by atoms with Gasteiger partial charge in [0.15, 0.2) is 0 Å². The summed E-state index contributed by atoms with van der Waals surface area (Å²) in [6, 6.07) is 12.1. The molecule has 1 saturated carbocycles. The highest BCUT2D eigenvalue weighted by Gasteiger charge is 2.44. The maximum atomic E-state index is 12.3. The van der Waals surface area contributed by atoms with Gasteiger partial charge in [-0.15, -0.1) is 0 Å². The maximum absolute atomic E-state index is 12.3. The summed E-state index contributed by atoms with van der Waals surface area (Å²) in [5, 5.41) is 3.08. The van der Waals surface area contributed by atoms with E-state index in [0.29, 0.717) is 5.92 Å². The van der Waals surface area contributed by atoms with Crippen molar-refractivity contribution >= 4 is 21.8 Å². The van der Waals surface area contributed by atoms with Crippen LogP contribution < -0.4 is 5.32 Å². The summed E-state index contributed by atoms with van der Waals surface area (Å²) in [6.07, 6.45) is 4.47. The van der Waals surface area contributed by atoms with E-state index in [9.17, 15) is 4.79 Å². The number of aromatic nitrogens is 1. The van der Waals surface area contributed by atoms with Crippen LogP contribution in [0.3, 0.4) is 0 Å². The van der Waals surface area contributed by atoms with Crippen molar-refractivity contribution in [2.24, 2.45) is 5.92 Å². The normalized spacial score (nSPS) is 21.6. The molecule has 1 aliphatic carbocycles. The Labute approximate surface area is 132 Å². The first-order valence-corrected chi connectivity index (χ1v) is 7.90. The van der Waals surface area contributed by atoms with E-state index >= 15 is 0 Å². The van der Waals surface area contributed by atoms with Gasteiger partial charge in [-0.3, -0.25) is 9.78 Å². The second kappa shape index (κ2) is 5.98. The number of carbonyl (C=O) groups is 1. The molecule has 1 fully saturated rings. The van der Waals surface area contributed by atoms with E-state index in [0.717, 1.165) is 16.5 Å². The molecular formula is C17H17BrN2O. The monoisotopic (exact) mass is 344 g/mol. The van der Waals surface area contributed by atoms with Gasteiger partial charge >= 0.3 is 0 Å². The summed E-state index contributed by atoms with van der Waals surface area (Å²) in [6.45, 7) is 1.99. The summed E-state index contributed by atoms with van der Waals surface area (Å²) in [7, 11) is 0. The number of hydrogen-bond donors (Lipinski definition) is 1. The van der Waals surface area contributed by atoms with Gasteiger partial charge in [-0.1, -0.05) is 34.1 Å². The molecule has 2 aromatic rings. The first-order valence-electron chi connectivity index (χ1n) is 7.11. The molecule has 0 bridgehead atoms. The van der Waals surface area contributed by atoms with Crippen molar-refractivity contribution in [3.63, 3.8) is 0 Å². The highest BCUT2D eigenvalue weighted by molar-refractivity contribution is 9.10. The van der Waals surface area contributed by atoms with Crippen LogP contribution in [-0.2, 0) is 4.79 Å². The van der Waals surface area contributed by atoms with Crippen LogP contribution in [0.25, 0.3) is 0 Å². The van der Waals surface area contributed by atoms with Crippen LogP contribution in [0.4, 0.5) is 0 Å². The van der Waals surface area contributed by atoms with Gasteiger partial charge in [-0.05, 0) is 48.6 Å². The van der Waals surface area contributed by atoms with Gasteiger partial charge in [0, 0.05) is 22.8 Å². The molecule has 21 heavy (non-hydrogen) atoms. The van der Waals surface area contributed by atoms with E-state index in [-0.39, 0.29) is 17.9 Å². The van der Waals surface area contributed by atoms with E-state index < -0.39 is 0 Å². The number of pyridine rings is 1. The van der Waals surface area contributed by atoms with E-state index in [4.69, 9.17) is 0 Å². The Balaban J connectivity index is 1.59. The summed E-state index contributed by atoms with van der Waals surface area (Å²) in [5.41, 5.74) is 2.28. The summed E-state index contributed by atoms with van der Waals surface area (Å²) >= 11 is 3.43. The lowest BCUT2D eigenvalue weighted by Crippen LogP contribution is -2.28. The van der Waals surface area contributed by atoms with Crippen molar-refractivity contribution in [1.82, 2.24) is 10.3 Å². The van der Waals surface area contributed by atoms with Crippen LogP contribution in [0.5, 0.6) is 0 Å². The molecule has 1 heterocycles. The molecule has 0 unspecified atom stereocenters. The summed E-state index contributed by atoms with van der Waals surface area (Å²) < 4.78 is 1.07. The Morgan fingerprint density at radius 3 is 2.76 bits per heavy atom. The Hall–Kier alpha value is -1.68. The van der Waals surface area contributed by atoms with Crippen molar-refractivity contribution in [2.45, 2.75) is 25.3 Å². The number of nitrogens with one attached hydrogen (secondary N) is 1. The van der Waals surface area contributed by atoms with Crippen LogP contribution in [-0.4, -0.2) is 10.9 Å². The molecule has 3 nitrogen and oxygen atoms in total. The van der Waals surface area contributed by atoms with Crippen LogP contribution in [0.15, 0.2) is 53.3 Å². The summed E-state index contributed by atoms with van der Waals surface area (Å²) in [5.74, 6) is 0.601. The molecule has 3 atom stereocenters. The maximum Gasteiger partial charge on any atom is 0.224 e. The minimum absolute atomic E-state index is 0.00244. The van der Waals surface area contributed by atoms with Gasteiger partial charge < -0.3 is 5.32 Å². The van der Waals surface area contributed by atoms with E-state index in [1.54, 1.807) is 12.4 Å². The molecule has 1 N–H and O–H groups in total. The van der Waals surface area contributed by atoms with Crippen LogP contribution in [0.2, 0.25) is 0 Å². The minimum atomic E-state index is -0.00244. The Morgan fingerprint density at radius 1 is 1.33 bits per heavy atom. The van der Waals surface area contributed by atoms with E-state index in [1.165, 1.54) is 5.56 Å². The lowest BCUT2D eigenvalue weighted by atomic mass is 10.1. The quantitative estimate of drug-likeness (QED) is 0.915. The van der Waals surface area contributed by atoms with Gasteiger partial charge in [0.2, 0.25) is 5.91 Å². The molecule has 1 amide bonds. The lowest BCUT2D eigenvalue weighted by Gasteiger charge is -2.13. The number of benzene rings is 1. The predicted molar refractivity (Wildman–Crippen MR) is 85.8 cm³/mol. The van der Waals surface area contributed by atoms with Crippen LogP contribution in [0.1, 0.15) is 36.4 Å². The Kier molecular flexibility index (Phi) is 4.06. The van der Waals surface area contributed by atoms with Gasteiger partial charge in [-0.25, -0.2) is 0 Å². The third-order valence-electron chi connectivity index (χ3n) is 3.97. The molecule has 1 aliphatic rings. The van der Waals surface area contributed by atoms with Gasteiger partial charge in [-0.2, -0.15) is 0 Å². The van der Waals surface area contributed by atoms with Crippen molar-refractivity contribution < 1.29 is 4.79 Å². The molecule has 0 spiro atoms. The van der Waals surface area contributed by atoms with Crippen LogP contribution in [0, 0.1) is 5.92 Å². The van der Waals surface area contributed by atoms with Crippen molar-refractivity contribution in [3.8, 4) is 0 Å². The number of amides is 1. The first kappa shape index (κ1) is 14.3. The third-order valence-corrected chi connectivity index (χ3v) is 4.50. The molecule has 0 aliphatic heterocycles. The average molecular weight is 345 g/mol. The smallest absolute Gasteiger partial charge is 0.224 e. The summed E-state index contributed by atoms with van der Waals surface area (Å²) in [4.78, 5) is 16.4. The number of rotatable bonds is 4. The molecule has 108 valence electrons. The fourth-order valence-electron chi connectivity index (χ4n) is 2.60. The topological polar surface area (TPSA) is 42.0 Å². The largest absolute Gasteiger partial charge is 0.349 e. The Morgan fingerprint density at radius 2 is 2.10 bits per heavy atom. The van der Waals surface area contributed by atoms with Crippen LogP contribution >= 0.6 is 15.9 Å². The average Bonchev–Trinajstić information content (AvgIpc) is 3.29. The van der Waals surface area contributed by atoms with Gasteiger partial charge in [0.1, 0.15) is 0 Å². The Bertz CT molecular complexity index is 627. The zero-order valence-corrected chi connectivity index (χ0v) is 13.4. The fourth-order valence-corrected chi connectivity index (χ4v) is 2.86. The standard InChI is InChI=1S/C17H17BrN2O/c1-11(13-3-2-8-19-10-13)20-17(21)16-9-15(16)12-4-6-14(18)7-5-12/h2-8,10-11,15-16H,9H2,1H3,(H,20,21)/t11-,15+,16+/m0/s1. The number of halogens is 1. The fraction of sp³-hybridized carbons (Fsp3) is 0.294. The van der Waals surface area contributed by atoms with E-state index in [1.807, 2.05) is 31.2 Å². The SMILES string of the molecule is C[C@H](NC(=O)[C@@H]1C[C@@H]1c1ccc(Br)cc1)c1cccnc1. The van der Waals surface area contributed by atoms with Gasteiger partial charge in [0.05, 0.1) is 6.04 Å². The lowest BCUT2D eigenvalue weighted by molar-refractivity contribution is -0.123. The zero-order chi connectivity index (χ0) is 14.8. The molecule has 3 rings (SSSR count). The highest BCUT2D eigenvalue weighted by Crippen LogP contribution is 2.47. The van der Waals surface area contributed by atoms with Crippen molar-refractivity contribution in [2.75, 3.05) is 0 Å². The molecular weight excluding hydrogens is 328 g/mol. The molecule has 0 saturated heterocycles. The molecule has 0 radical (unpaired) electrons. The molecule has 4 heteroatoms. The second-order valence-electron chi connectivity index (χ2n) is 5.52. The first-order chi connectivity index (χ1) is 10.1. The number of carbonyl (C=O) groups excluding carboxylic acids is 1. The van der Waals surface area contributed by atoms with E-state index in [2.05, 4.69) is 38.4 Å². The molecule has 1 aromatic heterocycles. The number of nitrogens with zero attached hydrogens (tertiary/aromatic N) is 1. The third kappa shape index (κ3) is 3.32. The predicted octanol–water partition coefficient (Wildman–Crippen LogP) is 3.83. The zero-order valence-electron chi connectivity index (χ0n) is 11.8. The van der Waals surface area contributed by atoms with Crippen molar-refractivity contribution in [3.05, 3.63) is 64.4 Å². The minimum Gasteiger partial charge on any atom is -0.349 e. The van der Waals surface area contributed by atoms with Gasteiger partial charge in [0.25, 0.3) is 0 Å². The highest BCUT2D eigenvalue weighted by atomic mass is 79.9.